The molecule has 4 heterocycles. The van der Waals surface area contributed by atoms with Crippen LogP contribution in [0.15, 0.2) is 88.1 Å². The molecule has 0 bridgehead atoms. The minimum atomic E-state index is -0.0114. The highest BCUT2D eigenvalue weighted by molar-refractivity contribution is 5.98. The SMILES string of the molecule is COc1ccc(N2CCN(C(=O)c3ccc4nc(-c5ccco5)c(-c5ccco5)nc4c3)CC2)cc1. The molecular weight excluding hydrogens is 456 g/mol. The van der Waals surface area contributed by atoms with E-state index in [1.807, 2.05) is 59.5 Å². The Labute approximate surface area is 207 Å². The molecule has 1 aliphatic rings. The molecule has 0 atom stereocenters. The molecule has 8 heteroatoms. The first kappa shape index (κ1) is 21.9. The summed E-state index contributed by atoms with van der Waals surface area (Å²) in [6.07, 6.45) is 3.20. The Morgan fingerprint density at radius 3 is 2.03 bits per heavy atom. The Bertz CT molecular complexity index is 1490. The molecule has 2 aromatic carbocycles. The van der Waals surface area contributed by atoms with E-state index in [2.05, 4.69) is 4.90 Å². The van der Waals surface area contributed by atoms with Crippen LogP contribution in [-0.4, -0.2) is 54.1 Å². The number of anilines is 1. The molecule has 0 saturated carbocycles. The molecule has 1 aliphatic heterocycles. The maximum absolute atomic E-state index is 13.3. The topological polar surface area (TPSA) is 84.8 Å². The zero-order valence-electron chi connectivity index (χ0n) is 19.8. The molecule has 1 amide bonds. The number of amides is 1. The lowest BCUT2D eigenvalue weighted by Crippen LogP contribution is -2.48. The number of carbonyl (C=O) groups excluding carboxylic acids is 1. The summed E-state index contributed by atoms with van der Waals surface area (Å²) < 4.78 is 16.4. The molecule has 0 unspecified atom stereocenters. The number of rotatable bonds is 5. The highest BCUT2D eigenvalue weighted by atomic mass is 16.5. The first-order chi connectivity index (χ1) is 17.7. The van der Waals surface area contributed by atoms with Crippen molar-refractivity contribution in [3.63, 3.8) is 0 Å². The van der Waals surface area contributed by atoms with Crippen LogP contribution in [0.4, 0.5) is 5.69 Å². The Morgan fingerprint density at radius 2 is 1.44 bits per heavy atom. The van der Waals surface area contributed by atoms with Crippen LogP contribution in [0.3, 0.4) is 0 Å². The molecule has 1 saturated heterocycles. The standard InChI is InChI=1S/C28H24N4O4/c1-34-21-9-7-20(8-10-21)31-12-14-32(15-13-31)28(33)19-6-11-22-23(18-19)30-27(25-5-3-17-36-25)26(29-22)24-4-2-16-35-24/h2-11,16-18H,12-15H2,1H3. The number of methoxy groups -OCH3 is 1. The molecule has 5 aromatic rings. The van der Waals surface area contributed by atoms with Gasteiger partial charge in [-0.3, -0.25) is 4.79 Å². The van der Waals surface area contributed by atoms with Gasteiger partial charge >= 0.3 is 0 Å². The van der Waals surface area contributed by atoms with Crippen molar-refractivity contribution in [3.05, 3.63) is 84.8 Å². The van der Waals surface area contributed by atoms with Crippen LogP contribution in [0, 0.1) is 0 Å². The minimum Gasteiger partial charge on any atom is -0.497 e. The van der Waals surface area contributed by atoms with Crippen LogP contribution in [0.5, 0.6) is 5.75 Å². The zero-order chi connectivity index (χ0) is 24.5. The third-order valence-corrected chi connectivity index (χ3v) is 6.42. The fraction of sp³-hybridized carbons (Fsp3) is 0.179. The molecule has 36 heavy (non-hydrogen) atoms. The lowest BCUT2D eigenvalue weighted by molar-refractivity contribution is 0.0747. The lowest BCUT2D eigenvalue weighted by Gasteiger charge is -2.36. The summed E-state index contributed by atoms with van der Waals surface area (Å²) in [5.41, 5.74) is 4.18. The monoisotopic (exact) mass is 480 g/mol. The van der Waals surface area contributed by atoms with Gasteiger partial charge in [0.15, 0.2) is 11.5 Å². The smallest absolute Gasteiger partial charge is 0.254 e. The van der Waals surface area contributed by atoms with Gasteiger partial charge < -0.3 is 23.4 Å². The van der Waals surface area contributed by atoms with Gasteiger partial charge in [-0.05, 0) is 66.7 Å². The molecule has 0 N–H and O–H groups in total. The number of nitrogens with zero attached hydrogens (tertiary/aromatic N) is 4. The lowest BCUT2D eigenvalue weighted by atomic mass is 10.1. The summed E-state index contributed by atoms with van der Waals surface area (Å²) in [5.74, 6) is 2.01. The van der Waals surface area contributed by atoms with Gasteiger partial charge in [-0.15, -0.1) is 0 Å². The molecule has 180 valence electrons. The first-order valence-corrected chi connectivity index (χ1v) is 11.8. The maximum Gasteiger partial charge on any atom is 0.254 e. The van der Waals surface area contributed by atoms with Gasteiger partial charge in [0.2, 0.25) is 0 Å². The van der Waals surface area contributed by atoms with Gasteiger partial charge in [-0.1, -0.05) is 0 Å². The van der Waals surface area contributed by atoms with Crippen LogP contribution in [-0.2, 0) is 0 Å². The average Bonchev–Trinajstić information content (AvgIpc) is 3.67. The third kappa shape index (κ3) is 4.07. The Balaban J connectivity index is 1.25. The number of hydrogen-bond acceptors (Lipinski definition) is 7. The second-order valence-electron chi connectivity index (χ2n) is 8.56. The quantitative estimate of drug-likeness (QED) is 0.345. The van der Waals surface area contributed by atoms with Crippen molar-refractivity contribution >= 4 is 22.6 Å². The highest BCUT2D eigenvalue weighted by Crippen LogP contribution is 2.32. The molecular formula is C28H24N4O4. The molecule has 1 fully saturated rings. The molecule has 0 aliphatic carbocycles. The normalized spacial score (nSPS) is 13.8. The minimum absolute atomic E-state index is 0.0114. The first-order valence-electron chi connectivity index (χ1n) is 11.8. The van der Waals surface area contributed by atoms with E-state index in [0.717, 1.165) is 24.5 Å². The summed E-state index contributed by atoms with van der Waals surface area (Å²) in [6.45, 7) is 2.81. The fourth-order valence-electron chi connectivity index (χ4n) is 4.50. The predicted octanol–water partition coefficient (Wildman–Crippen LogP) is 5.12. The molecule has 3 aromatic heterocycles. The van der Waals surface area contributed by atoms with Crippen molar-refractivity contribution in [1.29, 1.82) is 0 Å². The zero-order valence-corrected chi connectivity index (χ0v) is 19.8. The van der Waals surface area contributed by atoms with Crippen molar-refractivity contribution in [2.24, 2.45) is 0 Å². The number of ether oxygens (including phenoxy) is 1. The van der Waals surface area contributed by atoms with Gasteiger partial charge in [-0.2, -0.15) is 0 Å². The van der Waals surface area contributed by atoms with E-state index in [1.54, 1.807) is 31.8 Å². The number of furan rings is 2. The summed E-state index contributed by atoms with van der Waals surface area (Å²) in [6, 6.07) is 20.7. The van der Waals surface area contributed by atoms with Gasteiger partial charge in [0, 0.05) is 37.4 Å². The van der Waals surface area contributed by atoms with Crippen LogP contribution < -0.4 is 9.64 Å². The van der Waals surface area contributed by atoms with Crippen molar-refractivity contribution in [3.8, 4) is 28.7 Å². The van der Waals surface area contributed by atoms with E-state index in [1.165, 1.54) is 0 Å². The molecule has 8 nitrogen and oxygen atoms in total. The summed E-state index contributed by atoms with van der Waals surface area (Å²) in [4.78, 5) is 27.1. The van der Waals surface area contributed by atoms with Crippen molar-refractivity contribution in [2.75, 3.05) is 38.2 Å². The van der Waals surface area contributed by atoms with Crippen LogP contribution in [0.1, 0.15) is 10.4 Å². The average molecular weight is 481 g/mol. The fourth-order valence-corrected chi connectivity index (χ4v) is 4.50. The second kappa shape index (κ2) is 9.22. The van der Waals surface area contributed by atoms with E-state index in [0.29, 0.717) is 52.6 Å². The number of benzene rings is 2. The van der Waals surface area contributed by atoms with Gasteiger partial charge in [-0.25, -0.2) is 9.97 Å². The number of hydrogen-bond donors (Lipinski definition) is 0. The predicted molar refractivity (Wildman–Crippen MR) is 136 cm³/mol. The Morgan fingerprint density at radius 1 is 0.806 bits per heavy atom. The summed E-state index contributed by atoms with van der Waals surface area (Å²) in [5, 5.41) is 0. The number of fused-ring (bicyclic) bond motifs is 1. The van der Waals surface area contributed by atoms with Gasteiger partial charge in [0.1, 0.15) is 17.1 Å². The molecule has 0 radical (unpaired) electrons. The number of aromatic nitrogens is 2. The maximum atomic E-state index is 13.3. The Kier molecular flexibility index (Phi) is 5.61. The van der Waals surface area contributed by atoms with Crippen LogP contribution in [0.2, 0.25) is 0 Å². The number of piperazine rings is 1. The Hall–Kier alpha value is -4.59. The van der Waals surface area contributed by atoms with E-state index < -0.39 is 0 Å². The van der Waals surface area contributed by atoms with Gasteiger partial charge in [0.05, 0.1) is 30.7 Å². The molecule has 0 spiro atoms. The third-order valence-electron chi connectivity index (χ3n) is 6.42. The largest absolute Gasteiger partial charge is 0.497 e. The van der Waals surface area contributed by atoms with Crippen LogP contribution in [0.25, 0.3) is 33.9 Å². The number of carbonyl (C=O) groups is 1. The van der Waals surface area contributed by atoms with E-state index in [4.69, 9.17) is 23.5 Å². The molecule has 6 rings (SSSR count). The van der Waals surface area contributed by atoms with Gasteiger partial charge in [0.25, 0.3) is 5.91 Å². The van der Waals surface area contributed by atoms with Crippen LogP contribution >= 0.6 is 0 Å². The summed E-state index contributed by atoms with van der Waals surface area (Å²) >= 11 is 0. The summed E-state index contributed by atoms with van der Waals surface area (Å²) in [7, 11) is 1.66. The van der Waals surface area contributed by atoms with E-state index in [-0.39, 0.29) is 5.91 Å². The highest BCUT2D eigenvalue weighted by Gasteiger charge is 2.24. The van der Waals surface area contributed by atoms with Crippen molar-refractivity contribution in [1.82, 2.24) is 14.9 Å². The van der Waals surface area contributed by atoms with E-state index in [9.17, 15) is 4.79 Å². The van der Waals surface area contributed by atoms with Crippen molar-refractivity contribution < 1.29 is 18.4 Å². The van der Waals surface area contributed by atoms with Crippen molar-refractivity contribution in [2.45, 2.75) is 0 Å². The van der Waals surface area contributed by atoms with E-state index >= 15 is 0 Å². The second-order valence-corrected chi connectivity index (χ2v) is 8.56.